The minimum Gasteiger partial charge on any atom is -0.497 e. The number of fused-ring (bicyclic) bond motifs is 2. The zero-order valence-corrected chi connectivity index (χ0v) is 19.0. The fourth-order valence-electron chi connectivity index (χ4n) is 5.19. The Bertz CT molecular complexity index is 1070. The molecule has 2 aliphatic heterocycles. The van der Waals surface area contributed by atoms with E-state index >= 15 is 0 Å². The van der Waals surface area contributed by atoms with Crippen molar-refractivity contribution in [2.24, 2.45) is 0 Å². The Morgan fingerprint density at radius 1 is 1.00 bits per heavy atom. The molecule has 0 unspecified atom stereocenters. The van der Waals surface area contributed by atoms with E-state index in [-0.39, 0.29) is 5.54 Å². The molecule has 1 aromatic carbocycles. The molecule has 5 rings (SSSR count). The average molecular weight is 435 g/mol. The van der Waals surface area contributed by atoms with E-state index in [1.54, 1.807) is 20.4 Å². The highest BCUT2D eigenvalue weighted by atomic mass is 16.5. The first-order chi connectivity index (χ1) is 15.6. The highest BCUT2D eigenvalue weighted by molar-refractivity contribution is 5.57. The van der Waals surface area contributed by atoms with Crippen LogP contribution in [-0.4, -0.2) is 70.4 Å². The summed E-state index contributed by atoms with van der Waals surface area (Å²) in [5, 5.41) is 9.21. The van der Waals surface area contributed by atoms with E-state index in [2.05, 4.69) is 54.8 Å². The first-order valence-corrected chi connectivity index (χ1v) is 11.1. The summed E-state index contributed by atoms with van der Waals surface area (Å²) in [5.41, 5.74) is 2.21. The summed E-state index contributed by atoms with van der Waals surface area (Å²) in [4.78, 5) is 9.22. The van der Waals surface area contributed by atoms with E-state index in [0.29, 0.717) is 5.88 Å². The largest absolute Gasteiger partial charge is 0.497 e. The van der Waals surface area contributed by atoms with Crippen LogP contribution in [0.25, 0.3) is 11.4 Å². The summed E-state index contributed by atoms with van der Waals surface area (Å²) in [6.45, 7) is 4.69. The van der Waals surface area contributed by atoms with E-state index < -0.39 is 0 Å². The number of rotatable bonds is 5. The van der Waals surface area contributed by atoms with Crippen LogP contribution in [0.4, 0.5) is 0 Å². The van der Waals surface area contributed by atoms with Crippen LogP contribution in [0.5, 0.6) is 11.6 Å². The summed E-state index contributed by atoms with van der Waals surface area (Å²) in [6, 6.07) is 12.2. The van der Waals surface area contributed by atoms with E-state index in [1.807, 2.05) is 18.2 Å². The zero-order chi connectivity index (χ0) is 22.1. The lowest BCUT2D eigenvalue weighted by atomic mass is 9.84. The molecule has 3 aromatic rings. The van der Waals surface area contributed by atoms with Gasteiger partial charge in [-0.25, -0.2) is 4.98 Å². The van der Waals surface area contributed by atoms with Crippen LogP contribution in [0.3, 0.4) is 0 Å². The van der Waals surface area contributed by atoms with Crippen molar-refractivity contribution in [1.82, 2.24) is 29.5 Å². The SMILES string of the molecule is COc1ccc(-c2nnc3n2C2(CCN(Cc4cccnc4OC)CC2)CN(C)C3)cc1. The monoisotopic (exact) mass is 434 g/mol. The predicted octanol–water partition coefficient (Wildman–Crippen LogP) is 2.79. The maximum atomic E-state index is 5.45. The first kappa shape index (κ1) is 20.9. The van der Waals surface area contributed by atoms with Gasteiger partial charge in [0.25, 0.3) is 0 Å². The Hall–Kier alpha value is -2.97. The third-order valence-electron chi connectivity index (χ3n) is 6.75. The molecule has 0 N–H and O–H groups in total. The summed E-state index contributed by atoms with van der Waals surface area (Å²) in [5.74, 6) is 3.57. The molecule has 0 radical (unpaired) electrons. The fourth-order valence-corrected chi connectivity index (χ4v) is 5.19. The molecular weight excluding hydrogens is 404 g/mol. The van der Waals surface area contributed by atoms with Crippen molar-refractivity contribution in [1.29, 1.82) is 0 Å². The number of ether oxygens (including phenoxy) is 2. The Morgan fingerprint density at radius 2 is 1.78 bits per heavy atom. The fraction of sp³-hybridized carbons (Fsp3) is 0.458. The molecule has 8 nitrogen and oxygen atoms in total. The van der Waals surface area contributed by atoms with Crippen molar-refractivity contribution in [2.45, 2.75) is 31.5 Å². The number of hydrogen-bond acceptors (Lipinski definition) is 7. The molecule has 168 valence electrons. The molecule has 4 heterocycles. The van der Waals surface area contributed by atoms with Gasteiger partial charge in [-0.3, -0.25) is 9.80 Å². The molecule has 0 bridgehead atoms. The molecule has 2 aromatic heterocycles. The molecule has 0 atom stereocenters. The van der Waals surface area contributed by atoms with E-state index in [4.69, 9.17) is 9.47 Å². The smallest absolute Gasteiger partial charge is 0.217 e. The zero-order valence-electron chi connectivity index (χ0n) is 19.0. The van der Waals surface area contributed by atoms with Crippen LogP contribution in [0.15, 0.2) is 42.6 Å². The topological polar surface area (TPSA) is 68.5 Å². The van der Waals surface area contributed by atoms with Gasteiger partial charge >= 0.3 is 0 Å². The summed E-state index contributed by atoms with van der Waals surface area (Å²) < 4.78 is 13.2. The number of piperidine rings is 1. The minimum absolute atomic E-state index is 0.00335. The number of likely N-dealkylation sites (N-methyl/N-ethyl adjacent to an activating group) is 1. The molecule has 1 spiro atoms. The van der Waals surface area contributed by atoms with E-state index in [0.717, 1.165) is 74.1 Å². The van der Waals surface area contributed by atoms with Crippen molar-refractivity contribution in [3.63, 3.8) is 0 Å². The predicted molar refractivity (Wildman–Crippen MR) is 122 cm³/mol. The van der Waals surface area contributed by atoms with Crippen LogP contribution in [0.1, 0.15) is 24.2 Å². The molecule has 0 saturated carbocycles. The number of nitrogens with zero attached hydrogens (tertiary/aromatic N) is 6. The average Bonchev–Trinajstić information content (AvgIpc) is 3.25. The second kappa shape index (κ2) is 8.52. The number of aromatic nitrogens is 4. The Morgan fingerprint density at radius 3 is 2.50 bits per heavy atom. The van der Waals surface area contributed by atoms with Gasteiger partial charge in [0.05, 0.1) is 26.3 Å². The van der Waals surface area contributed by atoms with Crippen molar-refractivity contribution in [2.75, 3.05) is 40.9 Å². The maximum Gasteiger partial charge on any atom is 0.217 e. The second-order valence-electron chi connectivity index (χ2n) is 8.85. The van der Waals surface area contributed by atoms with E-state index in [9.17, 15) is 0 Å². The van der Waals surface area contributed by atoms with Gasteiger partial charge < -0.3 is 14.0 Å². The lowest BCUT2D eigenvalue weighted by molar-refractivity contribution is 0.0487. The second-order valence-corrected chi connectivity index (χ2v) is 8.85. The molecule has 8 heteroatoms. The molecule has 1 fully saturated rings. The van der Waals surface area contributed by atoms with Crippen LogP contribution >= 0.6 is 0 Å². The van der Waals surface area contributed by atoms with Gasteiger partial charge in [0.15, 0.2) is 5.82 Å². The number of likely N-dealkylation sites (tertiary alicyclic amines) is 1. The lowest BCUT2D eigenvalue weighted by Crippen LogP contribution is -2.55. The first-order valence-electron chi connectivity index (χ1n) is 11.1. The normalized spacial score (nSPS) is 18.5. The molecular formula is C24H30N6O2. The molecule has 2 aliphatic rings. The van der Waals surface area contributed by atoms with Gasteiger partial charge in [-0.1, -0.05) is 6.07 Å². The van der Waals surface area contributed by atoms with Gasteiger partial charge in [0.1, 0.15) is 11.6 Å². The summed E-state index contributed by atoms with van der Waals surface area (Å²) >= 11 is 0. The lowest BCUT2D eigenvalue weighted by Gasteiger charge is -2.48. The number of benzene rings is 1. The van der Waals surface area contributed by atoms with Crippen molar-refractivity contribution < 1.29 is 9.47 Å². The molecule has 1 saturated heterocycles. The van der Waals surface area contributed by atoms with Crippen molar-refractivity contribution in [3.8, 4) is 23.0 Å². The summed E-state index contributed by atoms with van der Waals surface area (Å²) in [6.07, 6.45) is 3.88. The van der Waals surface area contributed by atoms with Gasteiger partial charge in [0, 0.05) is 43.5 Å². The van der Waals surface area contributed by atoms with Gasteiger partial charge in [-0.2, -0.15) is 0 Å². The highest BCUT2D eigenvalue weighted by Crippen LogP contribution is 2.39. The highest BCUT2D eigenvalue weighted by Gasteiger charge is 2.43. The quantitative estimate of drug-likeness (QED) is 0.612. The van der Waals surface area contributed by atoms with Crippen molar-refractivity contribution >= 4 is 0 Å². The van der Waals surface area contributed by atoms with Crippen LogP contribution in [0, 0.1) is 0 Å². The number of hydrogen-bond donors (Lipinski definition) is 0. The van der Waals surface area contributed by atoms with Crippen LogP contribution < -0.4 is 9.47 Å². The van der Waals surface area contributed by atoms with E-state index in [1.165, 1.54) is 0 Å². The molecule has 32 heavy (non-hydrogen) atoms. The Kier molecular flexibility index (Phi) is 5.57. The third kappa shape index (κ3) is 3.73. The molecule has 0 aliphatic carbocycles. The van der Waals surface area contributed by atoms with Crippen LogP contribution in [-0.2, 0) is 18.6 Å². The van der Waals surface area contributed by atoms with Gasteiger partial charge in [-0.05, 0) is 50.2 Å². The van der Waals surface area contributed by atoms with Crippen LogP contribution in [0.2, 0.25) is 0 Å². The van der Waals surface area contributed by atoms with Gasteiger partial charge in [-0.15, -0.1) is 10.2 Å². The van der Waals surface area contributed by atoms with Crippen molar-refractivity contribution in [3.05, 3.63) is 54.0 Å². The summed E-state index contributed by atoms with van der Waals surface area (Å²) in [7, 11) is 5.55. The molecule has 0 amide bonds. The third-order valence-corrected chi connectivity index (χ3v) is 6.75. The minimum atomic E-state index is -0.00335. The Balaban J connectivity index is 1.41. The number of methoxy groups -OCH3 is 2. The van der Waals surface area contributed by atoms with Gasteiger partial charge in [0.2, 0.25) is 5.88 Å². The Labute approximate surface area is 188 Å². The standard InChI is InChI=1S/C24H30N6O2/c1-28-16-21-26-27-22(18-6-8-20(31-2)9-7-18)30(21)24(17-28)10-13-29(14-11-24)15-19-5-4-12-25-23(19)32-3/h4-9,12H,10-11,13-17H2,1-3H3. The number of pyridine rings is 1. The maximum absolute atomic E-state index is 5.45.